The SMILES string of the molecule is CCCC1(O)CN(C(=O)C2CC(C)CC2C(=O)O)C1. The van der Waals surface area contributed by atoms with Gasteiger partial charge in [-0.1, -0.05) is 20.3 Å². The molecule has 3 atom stereocenters. The Morgan fingerprint density at radius 1 is 1.26 bits per heavy atom. The number of carbonyl (C=O) groups is 2. The van der Waals surface area contributed by atoms with Crippen LogP contribution in [-0.4, -0.2) is 45.7 Å². The lowest BCUT2D eigenvalue weighted by Gasteiger charge is -2.47. The molecule has 2 aliphatic rings. The highest BCUT2D eigenvalue weighted by Gasteiger charge is 2.48. The van der Waals surface area contributed by atoms with Crippen LogP contribution in [0.25, 0.3) is 0 Å². The van der Waals surface area contributed by atoms with E-state index in [0.29, 0.717) is 32.4 Å². The summed E-state index contributed by atoms with van der Waals surface area (Å²) in [7, 11) is 0. The van der Waals surface area contributed by atoms with E-state index in [0.717, 1.165) is 6.42 Å². The van der Waals surface area contributed by atoms with Gasteiger partial charge < -0.3 is 15.1 Å². The fourth-order valence-corrected chi connectivity index (χ4v) is 3.52. The van der Waals surface area contributed by atoms with Crippen molar-refractivity contribution in [2.75, 3.05) is 13.1 Å². The van der Waals surface area contributed by atoms with Gasteiger partial charge in [0.25, 0.3) is 0 Å². The van der Waals surface area contributed by atoms with Crippen LogP contribution in [0.4, 0.5) is 0 Å². The molecule has 0 aromatic carbocycles. The number of nitrogens with zero attached hydrogens (tertiary/aromatic N) is 1. The Bertz CT molecular complexity index is 376. The smallest absolute Gasteiger partial charge is 0.307 e. The maximum atomic E-state index is 12.3. The summed E-state index contributed by atoms with van der Waals surface area (Å²) in [5.74, 6) is -1.63. The number of rotatable bonds is 4. The first kappa shape index (κ1) is 14.3. The zero-order chi connectivity index (χ0) is 14.2. The minimum Gasteiger partial charge on any atom is -0.481 e. The largest absolute Gasteiger partial charge is 0.481 e. The number of carboxylic acid groups (broad SMARTS) is 1. The fourth-order valence-electron chi connectivity index (χ4n) is 3.52. The maximum absolute atomic E-state index is 12.3. The predicted molar refractivity (Wildman–Crippen MR) is 69.5 cm³/mol. The number of hydrogen-bond donors (Lipinski definition) is 2. The van der Waals surface area contributed by atoms with E-state index in [4.69, 9.17) is 0 Å². The molecule has 3 unspecified atom stereocenters. The zero-order valence-electron chi connectivity index (χ0n) is 11.6. The van der Waals surface area contributed by atoms with Crippen molar-refractivity contribution in [1.82, 2.24) is 4.90 Å². The molecule has 0 radical (unpaired) electrons. The molecule has 1 saturated heterocycles. The summed E-state index contributed by atoms with van der Waals surface area (Å²) in [4.78, 5) is 25.2. The van der Waals surface area contributed by atoms with Gasteiger partial charge in [0.2, 0.25) is 5.91 Å². The lowest BCUT2D eigenvalue weighted by molar-refractivity contribution is -0.164. The van der Waals surface area contributed by atoms with Crippen LogP contribution in [0, 0.1) is 17.8 Å². The van der Waals surface area contributed by atoms with Gasteiger partial charge in [0.15, 0.2) is 0 Å². The fraction of sp³-hybridized carbons (Fsp3) is 0.857. The van der Waals surface area contributed by atoms with E-state index < -0.39 is 23.4 Å². The van der Waals surface area contributed by atoms with Crippen LogP contribution >= 0.6 is 0 Å². The molecule has 19 heavy (non-hydrogen) atoms. The van der Waals surface area contributed by atoms with E-state index in [9.17, 15) is 19.8 Å². The Morgan fingerprint density at radius 2 is 1.84 bits per heavy atom. The van der Waals surface area contributed by atoms with Crippen molar-refractivity contribution in [3.05, 3.63) is 0 Å². The molecule has 0 spiro atoms. The van der Waals surface area contributed by atoms with E-state index in [1.807, 2.05) is 13.8 Å². The summed E-state index contributed by atoms with van der Waals surface area (Å²) in [6.45, 7) is 4.71. The second kappa shape index (κ2) is 5.12. The monoisotopic (exact) mass is 269 g/mol. The summed E-state index contributed by atoms with van der Waals surface area (Å²) in [6.07, 6.45) is 2.81. The second-order valence-electron chi connectivity index (χ2n) is 6.30. The number of aliphatic hydroxyl groups is 1. The Labute approximate surface area is 113 Å². The van der Waals surface area contributed by atoms with Crippen LogP contribution < -0.4 is 0 Å². The molecule has 1 aliphatic carbocycles. The molecule has 1 amide bonds. The first-order valence-corrected chi connectivity index (χ1v) is 7.10. The van der Waals surface area contributed by atoms with Gasteiger partial charge in [0.1, 0.15) is 0 Å². The van der Waals surface area contributed by atoms with E-state index in [1.165, 1.54) is 0 Å². The number of amides is 1. The van der Waals surface area contributed by atoms with Crippen LogP contribution in [-0.2, 0) is 9.59 Å². The minimum absolute atomic E-state index is 0.0856. The summed E-state index contributed by atoms with van der Waals surface area (Å²) >= 11 is 0. The van der Waals surface area contributed by atoms with Gasteiger partial charge in [-0.2, -0.15) is 0 Å². The van der Waals surface area contributed by atoms with Crippen LogP contribution in [0.15, 0.2) is 0 Å². The number of carboxylic acids is 1. The molecule has 5 nitrogen and oxygen atoms in total. The number of β-amino-alcohol motifs (C(OH)–C–C–N with tert-alkyl or cyclic N) is 1. The highest BCUT2D eigenvalue weighted by molar-refractivity contribution is 5.86. The average Bonchev–Trinajstić information content (AvgIpc) is 2.67. The molecule has 0 aromatic heterocycles. The lowest BCUT2D eigenvalue weighted by Crippen LogP contribution is -2.64. The van der Waals surface area contributed by atoms with Gasteiger partial charge in [-0.25, -0.2) is 0 Å². The topological polar surface area (TPSA) is 77.8 Å². The molecular weight excluding hydrogens is 246 g/mol. The molecule has 108 valence electrons. The van der Waals surface area contributed by atoms with Gasteiger partial charge in [-0.15, -0.1) is 0 Å². The van der Waals surface area contributed by atoms with Crippen molar-refractivity contribution in [2.24, 2.45) is 17.8 Å². The van der Waals surface area contributed by atoms with Crippen molar-refractivity contribution in [3.63, 3.8) is 0 Å². The quantitative estimate of drug-likeness (QED) is 0.801. The first-order chi connectivity index (χ1) is 8.86. The number of carbonyl (C=O) groups excluding carboxylic acids is 1. The molecule has 1 aliphatic heterocycles. The zero-order valence-corrected chi connectivity index (χ0v) is 11.6. The van der Waals surface area contributed by atoms with Crippen LogP contribution in [0.3, 0.4) is 0 Å². The number of hydrogen-bond acceptors (Lipinski definition) is 3. The highest BCUT2D eigenvalue weighted by atomic mass is 16.4. The molecule has 2 rings (SSSR count). The molecule has 1 heterocycles. The Balaban J connectivity index is 1.96. The van der Waals surface area contributed by atoms with E-state index >= 15 is 0 Å². The van der Waals surface area contributed by atoms with Crippen molar-refractivity contribution in [1.29, 1.82) is 0 Å². The molecule has 0 aromatic rings. The summed E-state index contributed by atoms with van der Waals surface area (Å²) in [5, 5.41) is 19.3. The van der Waals surface area contributed by atoms with Gasteiger partial charge in [-0.3, -0.25) is 9.59 Å². The van der Waals surface area contributed by atoms with Crippen molar-refractivity contribution in [2.45, 2.75) is 45.1 Å². The van der Waals surface area contributed by atoms with Crippen LogP contribution in [0.5, 0.6) is 0 Å². The molecule has 5 heteroatoms. The third-order valence-corrected chi connectivity index (χ3v) is 4.43. The van der Waals surface area contributed by atoms with E-state index in [2.05, 4.69) is 0 Å². The number of aliphatic carboxylic acids is 1. The third-order valence-electron chi connectivity index (χ3n) is 4.43. The first-order valence-electron chi connectivity index (χ1n) is 7.10. The van der Waals surface area contributed by atoms with Gasteiger partial charge in [-0.05, 0) is 25.2 Å². The Morgan fingerprint density at radius 3 is 2.37 bits per heavy atom. The van der Waals surface area contributed by atoms with E-state index in [-0.39, 0.29) is 11.8 Å². The van der Waals surface area contributed by atoms with Gasteiger partial charge >= 0.3 is 5.97 Å². The predicted octanol–water partition coefficient (Wildman–Crippen LogP) is 1.11. The maximum Gasteiger partial charge on any atom is 0.307 e. The van der Waals surface area contributed by atoms with Crippen molar-refractivity contribution in [3.8, 4) is 0 Å². The van der Waals surface area contributed by atoms with Crippen molar-refractivity contribution < 1.29 is 19.8 Å². The standard InChI is InChI=1S/C14H23NO4/c1-3-4-14(19)7-15(8-14)12(16)10-5-9(2)6-11(10)13(17)18/h9-11,19H,3-8H2,1-2H3,(H,17,18). The average molecular weight is 269 g/mol. The molecule has 2 N–H and O–H groups in total. The molecular formula is C14H23NO4. The van der Waals surface area contributed by atoms with Crippen LogP contribution in [0.2, 0.25) is 0 Å². The van der Waals surface area contributed by atoms with Gasteiger partial charge in [0, 0.05) is 0 Å². The Kier molecular flexibility index (Phi) is 3.85. The minimum atomic E-state index is -0.868. The molecule has 0 bridgehead atoms. The van der Waals surface area contributed by atoms with Crippen molar-refractivity contribution >= 4 is 11.9 Å². The highest BCUT2D eigenvalue weighted by Crippen LogP contribution is 2.39. The van der Waals surface area contributed by atoms with Gasteiger partial charge in [0.05, 0.1) is 30.5 Å². The lowest BCUT2D eigenvalue weighted by atomic mass is 9.86. The number of likely N-dealkylation sites (tertiary alicyclic amines) is 1. The summed E-state index contributed by atoms with van der Waals surface area (Å²) in [6, 6.07) is 0. The third kappa shape index (κ3) is 2.76. The molecule has 1 saturated carbocycles. The van der Waals surface area contributed by atoms with Crippen LogP contribution in [0.1, 0.15) is 39.5 Å². The van der Waals surface area contributed by atoms with E-state index in [1.54, 1.807) is 4.90 Å². The Hall–Kier alpha value is -1.10. The summed E-state index contributed by atoms with van der Waals surface area (Å²) in [5.41, 5.74) is -0.743. The second-order valence-corrected chi connectivity index (χ2v) is 6.30. The normalized spacial score (nSPS) is 33.0. The molecule has 2 fully saturated rings. The summed E-state index contributed by atoms with van der Waals surface area (Å²) < 4.78 is 0.